The summed E-state index contributed by atoms with van der Waals surface area (Å²) in [5.74, 6) is -0.164. The molecule has 15 heavy (non-hydrogen) atoms. The first-order valence-electron chi connectivity index (χ1n) is 5.05. The van der Waals surface area contributed by atoms with Crippen LogP contribution in [0.3, 0.4) is 0 Å². The highest BCUT2D eigenvalue weighted by molar-refractivity contribution is 9.10. The van der Waals surface area contributed by atoms with Crippen LogP contribution in [0.1, 0.15) is 25.8 Å². The number of esters is 1. The largest absolute Gasteiger partial charge is 0.462 e. The lowest BCUT2D eigenvalue weighted by Crippen LogP contribution is -2.15. The average Bonchev–Trinajstić information content (AvgIpc) is 2.17. The molecule has 0 radical (unpaired) electrons. The number of hydrogen-bond acceptors (Lipinski definition) is 2. The molecule has 0 aliphatic rings. The van der Waals surface area contributed by atoms with E-state index in [0.29, 0.717) is 6.42 Å². The van der Waals surface area contributed by atoms with Gasteiger partial charge in [-0.3, -0.25) is 4.79 Å². The van der Waals surface area contributed by atoms with Crippen molar-refractivity contribution in [3.05, 3.63) is 34.3 Å². The van der Waals surface area contributed by atoms with Crippen LogP contribution in [0, 0.1) is 0 Å². The topological polar surface area (TPSA) is 26.3 Å². The molecule has 0 saturated heterocycles. The molecule has 0 aliphatic carbocycles. The molecule has 2 nitrogen and oxygen atoms in total. The number of carbonyl (C=O) groups is 1. The van der Waals surface area contributed by atoms with Crippen molar-refractivity contribution in [2.24, 2.45) is 0 Å². The molecule has 3 heteroatoms. The van der Waals surface area contributed by atoms with E-state index in [1.165, 1.54) is 0 Å². The van der Waals surface area contributed by atoms with Crippen molar-refractivity contribution in [3.8, 4) is 0 Å². The van der Waals surface area contributed by atoms with E-state index in [2.05, 4.69) is 15.9 Å². The Hall–Kier alpha value is -0.830. The minimum atomic E-state index is -0.164. The number of ether oxygens (including phenoxy) is 1. The highest BCUT2D eigenvalue weighted by Gasteiger charge is 2.08. The van der Waals surface area contributed by atoms with Gasteiger partial charge in [-0.05, 0) is 31.0 Å². The second-order valence-electron chi connectivity index (χ2n) is 3.52. The molecule has 0 saturated carbocycles. The van der Waals surface area contributed by atoms with Crippen LogP contribution in [0.5, 0.6) is 0 Å². The summed E-state index contributed by atoms with van der Waals surface area (Å²) in [6, 6.07) is 7.69. The van der Waals surface area contributed by atoms with Crippen molar-refractivity contribution in [3.63, 3.8) is 0 Å². The van der Waals surface area contributed by atoms with E-state index in [9.17, 15) is 4.79 Å². The lowest BCUT2D eigenvalue weighted by atomic mass is 10.1. The molecule has 82 valence electrons. The maximum Gasteiger partial charge on any atom is 0.310 e. The van der Waals surface area contributed by atoms with Crippen molar-refractivity contribution in [1.29, 1.82) is 0 Å². The lowest BCUT2D eigenvalue weighted by molar-refractivity contribution is -0.147. The SMILES string of the molecule is CCC(C)OC(=O)Cc1cccc(Br)c1. The van der Waals surface area contributed by atoms with Crippen molar-refractivity contribution >= 4 is 21.9 Å². The first-order chi connectivity index (χ1) is 7.11. The van der Waals surface area contributed by atoms with E-state index in [-0.39, 0.29) is 12.1 Å². The Morgan fingerprint density at radius 1 is 1.53 bits per heavy atom. The third-order valence-corrected chi connectivity index (χ3v) is 2.64. The zero-order chi connectivity index (χ0) is 11.3. The standard InChI is InChI=1S/C12H15BrO2/c1-3-9(2)15-12(14)8-10-5-4-6-11(13)7-10/h4-7,9H,3,8H2,1-2H3. The Bertz CT molecular complexity index is 336. The van der Waals surface area contributed by atoms with Crippen LogP contribution < -0.4 is 0 Å². The third kappa shape index (κ3) is 4.47. The van der Waals surface area contributed by atoms with E-state index in [0.717, 1.165) is 16.5 Å². The summed E-state index contributed by atoms with van der Waals surface area (Å²) in [5, 5.41) is 0. The zero-order valence-corrected chi connectivity index (χ0v) is 10.6. The van der Waals surface area contributed by atoms with E-state index in [1.807, 2.05) is 38.1 Å². The van der Waals surface area contributed by atoms with Gasteiger partial charge in [0.25, 0.3) is 0 Å². The molecule has 1 unspecified atom stereocenters. The van der Waals surface area contributed by atoms with Crippen molar-refractivity contribution in [2.45, 2.75) is 32.8 Å². The fraction of sp³-hybridized carbons (Fsp3) is 0.417. The van der Waals surface area contributed by atoms with Gasteiger partial charge in [-0.25, -0.2) is 0 Å². The quantitative estimate of drug-likeness (QED) is 0.785. The smallest absolute Gasteiger partial charge is 0.310 e. The van der Waals surface area contributed by atoms with Gasteiger partial charge in [-0.15, -0.1) is 0 Å². The molecule has 0 aromatic heterocycles. The number of carbonyl (C=O) groups excluding carboxylic acids is 1. The average molecular weight is 271 g/mol. The van der Waals surface area contributed by atoms with Crippen LogP contribution in [-0.2, 0) is 16.0 Å². The van der Waals surface area contributed by atoms with Crippen molar-refractivity contribution in [1.82, 2.24) is 0 Å². The number of halogens is 1. The van der Waals surface area contributed by atoms with Crippen molar-refractivity contribution in [2.75, 3.05) is 0 Å². The summed E-state index contributed by atoms with van der Waals surface area (Å²) in [7, 11) is 0. The molecular formula is C12H15BrO2. The van der Waals surface area contributed by atoms with Gasteiger partial charge in [0.05, 0.1) is 12.5 Å². The Morgan fingerprint density at radius 2 is 2.27 bits per heavy atom. The normalized spacial score (nSPS) is 12.2. The van der Waals surface area contributed by atoms with E-state index >= 15 is 0 Å². The summed E-state index contributed by atoms with van der Waals surface area (Å²) in [6.07, 6.45) is 1.19. The highest BCUT2D eigenvalue weighted by Crippen LogP contribution is 2.12. The van der Waals surface area contributed by atoms with E-state index < -0.39 is 0 Å². The lowest BCUT2D eigenvalue weighted by Gasteiger charge is -2.10. The Kier molecular flexibility index (Phi) is 4.82. The van der Waals surface area contributed by atoms with Gasteiger partial charge in [0.1, 0.15) is 0 Å². The number of rotatable bonds is 4. The Balaban J connectivity index is 2.51. The molecule has 0 amide bonds. The maximum absolute atomic E-state index is 11.5. The van der Waals surface area contributed by atoms with Crippen LogP contribution in [0.4, 0.5) is 0 Å². The molecule has 1 aromatic carbocycles. The van der Waals surface area contributed by atoms with Gasteiger partial charge in [0.15, 0.2) is 0 Å². The third-order valence-electron chi connectivity index (χ3n) is 2.15. The predicted octanol–water partition coefficient (Wildman–Crippen LogP) is 3.33. The minimum Gasteiger partial charge on any atom is -0.462 e. The summed E-state index contributed by atoms with van der Waals surface area (Å²) < 4.78 is 6.17. The number of benzene rings is 1. The van der Waals surface area contributed by atoms with Crippen LogP contribution in [0.15, 0.2) is 28.7 Å². The van der Waals surface area contributed by atoms with Gasteiger partial charge in [-0.1, -0.05) is 35.0 Å². The van der Waals surface area contributed by atoms with Gasteiger partial charge in [-0.2, -0.15) is 0 Å². The molecule has 0 bridgehead atoms. The zero-order valence-electron chi connectivity index (χ0n) is 9.00. The van der Waals surface area contributed by atoms with Crippen LogP contribution in [0.25, 0.3) is 0 Å². The van der Waals surface area contributed by atoms with Crippen LogP contribution in [-0.4, -0.2) is 12.1 Å². The predicted molar refractivity (Wildman–Crippen MR) is 63.7 cm³/mol. The van der Waals surface area contributed by atoms with E-state index in [4.69, 9.17) is 4.74 Å². The first kappa shape index (κ1) is 12.2. The monoisotopic (exact) mass is 270 g/mol. The Morgan fingerprint density at radius 3 is 2.87 bits per heavy atom. The van der Waals surface area contributed by atoms with Gasteiger partial charge in [0, 0.05) is 4.47 Å². The molecule has 0 fully saturated rings. The first-order valence-corrected chi connectivity index (χ1v) is 5.85. The van der Waals surface area contributed by atoms with Gasteiger partial charge in [0.2, 0.25) is 0 Å². The molecule has 0 spiro atoms. The molecule has 1 atom stereocenters. The molecule has 1 aromatic rings. The summed E-state index contributed by atoms with van der Waals surface area (Å²) in [5.41, 5.74) is 0.970. The minimum absolute atomic E-state index is 0.00431. The molecule has 0 heterocycles. The summed E-state index contributed by atoms with van der Waals surface area (Å²) >= 11 is 3.36. The fourth-order valence-corrected chi connectivity index (χ4v) is 1.61. The Labute approximate surface area is 98.8 Å². The maximum atomic E-state index is 11.5. The van der Waals surface area contributed by atoms with Crippen LogP contribution >= 0.6 is 15.9 Å². The number of hydrogen-bond donors (Lipinski definition) is 0. The molecule has 0 aliphatic heterocycles. The van der Waals surface area contributed by atoms with E-state index in [1.54, 1.807) is 0 Å². The summed E-state index contributed by atoms with van der Waals surface area (Å²) in [6.45, 7) is 3.90. The van der Waals surface area contributed by atoms with Gasteiger partial charge >= 0.3 is 5.97 Å². The molecule has 0 N–H and O–H groups in total. The molecular weight excluding hydrogens is 256 g/mol. The van der Waals surface area contributed by atoms with Crippen LogP contribution in [0.2, 0.25) is 0 Å². The fourth-order valence-electron chi connectivity index (χ4n) is 1.16. The van der Waals surface area contributed by atoms with Gasteiger partial charge < -0.3 is 4.74 Å². The molecule has 1 rings (SSSR count). The second kappa shape index (κ2) is 5.91. The van der Waals surface area contributed by atoms with Crippen molar-refractivity contribution < 1.29 is 9.53 Å². The second-order valence-corrected chi connectivity index (χ2v) is 4.43. The highest BCUT2D eigenvalue weighted by atomic mass is 79.9. The summed E-state index contributed by atoms with van der Waals surface area (Å²) in [4.78, 5) is 11.5.